The molecule has 5 heteroatoms. The molecule has 2 rings (SSSR count). The quantitative estimate of drug-likeness (QED) is 0.625. The first kappa shape index (κ1) is 13.0. The zero-order valence-corrected chi connectivity index (χ0v) is 10.5. The Labute approximate surface area is 109 Å². The number of non-ortho nitro benzene ring substituents is 1. The number of halogens is 1. The molecule has 0 aromatic heterocycles. The molecular weight excluding hydrogens is 249 g/mol. The summed E-state index contributed by atoms with van der Waals surface area (Å²) in [6.07, 6.45) is 0. The zero-order valence-electron chi connectivity index (χ0n) is 10.5. The van der Waals surface area contributed by atoms with Crippen molar-refractivity contribution in [2.75, 3.05) is 7.11 Å². The molecule has 0 amide bonds. The summed E-state index contributed by atoms with van der Waals surface area (Å²) in [7, 11) is 1.46. The minimum absolute atomic E-state index is 0.0322. The monoisotopic (exact) mass is 261 g/mol. The maximum absolute atomic E-state index is 14.0. The molecule has 2 aromatic carbocycles. The van der Waals surface area contributed by atoms with E-state index in [4.69, 9.17) is 4.74 Å². The van der Waals surface area contributed by atoms with Gasteiger partial charge in [-0.2, -0.15) is 0 Å². The van der Waals surface area contributed by atoms with Crippen LogP contribution in [0.2, 0.25) is 0 Å². The summed E-state index contributed by atoms with van der Waals surface area (Å²) in [5.41, 5.74) is 1.57. The van der Waals surface area contributed by atoms with Gasteiger partial charge in [-0.15, -0.1) is 0 Å². The Morgan fingerprint density at radius 1 is 1.21 bits per heavy atom. The number of methoxy groups -OCH3 is 1. The lowest BCUT2D eigenvalue weighted by Crippen LogP contribution is -1.94. The summed E-state index contributed by atoms with van der Waals surface area (Å²) in [4.78, 5) is 10.1. The highest BCUT2D eigenvalue weighted by molar-refractivity contribution is 5.72. The lowest BCUT2D eigenvalue weighted by Gasteiger charge is -2.11. The largest absolute Gasteiger partial charge is 0.496 e. The molecule has 0 atom stereocenters. The molecule has 0 saturated heterocycles. The van der Waals surface area contributed by atoms with Gasteiger partial charge in [-0.25, -0.2) is 4.39 Å². The van der Waals surface area contributed by atoms with E-state index in [2.05, 4.69) is 0 Å². The molecule has 0 saturated carbocycles. The fourth-order valence-electron chi connectivity index (χ4n) is 1.90. The van der Waals surface area contributed by atoms with Crippen LogP contribution < -0.4 is 4.74 Å². The van der Waals surface area contributed by atoms with Gasteiger partial charge in [0.25, 0.3) is 5.69 Å². The van der Waals surface area contributed by atoms with Crippen molar-refractivity contribution in [2.24, 2.45) is 0 Å². The average Bonchev–Trinajstić information content (AvgIpc) is 2.38. The number of nitro benzene ring substituents is 1. The molecule has 0 aliphatic carbocycles. The van der Waals surface area contributed by atoms with Gasteiger partial charge >= 0.3 is 0 Å². The van der Waals surface area contributed by atoms with Crippen molar-refractivity contribution in [2.45, 2.75) is 6.92 Å². The highest BCUT2D eigenvalue weighted by Gasteiger charge is 2.14. The minimum Gasteiger partial charge on any atom is -0.496 e. The molecule has 0 aliphatic rings. The Bertz CT molecular complexity index is 623. The topological polar surface area (TPSA) is 52.4 Å². The average molecular weight is 261 g/mol. The number of nitro groups is 1. The summed E-state index contributed by atoms with van der Waals surface area (Å²) >= 11 is 0. The van der Waals surface area contributed by atoms with Crippen LogP contribution in [0.5, 0.6) is 5.75 Å². The molecule has 98 valence electrons. The number of rotatable bonds is 3. The van der Waals surface area contributed by atoms with E-state index in [1.807, 2.05) is 0 Å². The van der Waals surface area contributed by atoms with Crippen molar-refractivity contribution in [1.29, 1.82) is 0 Å². The number of ether oxygens (including phenoxy) is 1. The highest BCUT2D eigenvalue weighted by atomic mass is 19.1. The molecule has 0 fully saturated rings. The second-order valence-electron chi connectivity index (χ2n) is 4.13. The molecule has 0 bridgehead atoms. The van der Waals surface area contributed by atoms with Gasteiger partial charge in [0.15, 0.2) is 0 Å². The van der Waals surface area contributed by atoms with Gasteiger partial charge in [0.1, 0.15) is 11.6 Å². The molecular formula is C14H12FNO3. The maximum Gasteiger partial charge on any atom is 0.269 e. The Balaban J connectivity index is 2.55. The van der Waals surface area contributed by atoms with Gasteiger partial charge in [-0.3, -0.25) is 10.1 Å². The van der Waals surface area contributed by atoms with E-state index >= 15 is 0 Å². The predicted molar refractivity (Wildman–Crippen MR) is 69.8 cm³/mol. The normalized spacial score (nSPS) is 10.3. The molecule has 0 N–H and O–H groups in total. The third-order valence-electron chi connectivity index (χ3n) is 2.79. The van der Waals surface area contributed by atoms with E-state index in [9.17, 15) is 14.5 Å². The summed E-state index contributed by atoms with van der Waals surface area (Å²) in [5, 5.41) is 10.6. The fourth-order valence-corrected chi connectivity index (χ4v) is 1.90. The first-order valence-corrected chi connectivity index (χ1v) is 5.62. The van der Waals surface area contributed by atoms with Crippen LogP contribution >= 0.6 is 0 Å². The van der Waals surface area contributed by atoms with E-state index in [0.717, 1.165) is 5.56 Å². The molecule has 2 aromatic rings. The van der Waals surface area contributed by atoms with E-state index in [1.54, 1.807) is 13.0 Å². The van der Waals surface area contributed by atoms with Crippen LogP contribution in [0, 0.1) is 22.9 Å². The van der Waals surface area contributed by atoms with Crippen LogP contribution in [0.25, 0.3) is 11.1 Å². The van der Waals surface area contributed by atoms with Crippen molar-refractivity contribution < 1.29 is 14.1 Å². The van der Waals surface area contributed by atoms with Gasteiger partial charge in [-0.1, -0.05) is 0 Å². The van der Waals surface area contributed by atoms with Gasteiger partial charge in [0.05, 0.1) is 17.6 Å². The van der Waals surface area contributed by atoms with E-state index < -0.39 is 10.7 Å². The van der Waals surface area contributed by atoms with Crippen molar-refractivity contribution in [3.63, 3.8) is 0 Å². The van der Waals surface area contributed by atoms with Crippen molar-refractivity contribution in [1.82, 2.24) is 0 Å². The van der Waals surface area contributed by atoms with Gasteiger partial charge in [0, 0.05) is 12.1 Å². The molecule has 0 radical (unpaired) electrons. The van der Waals surface area contributed by atoms with E-state index in [0.29, 0.717) is 16.9 Å². The molecule has 4 nitrogen and oxygen atoms in total. The third kappa shape index (κ3) is 2.54. The Hall–Kier alpha value is -2.43. The number of hydrogen-bond donors (Lipinski definition) is 0. The van der Waals surface area contributed by atoms with E-state index in [-0.39, 0.29) is 5.69 Å². The summed E-state index contributed by atoms with van der Waals surface area (Å²) in [6.45, 7) is 1.77. The van der Waals surface area contributed by atoms with Crippen LogP contribution in [-0.4, -0.2) is 12.0 Å². The van der Waals surface area contributed by atoms with E-state index in [1.165, 1.54) is 37.4 Å². The Kier molecular flexibility index (Phi) is 3.46. The number of nitrogens with zero attached hydrogens (tertiary/aromatic N) is 1. The first-order chi connectivity index (χ1) is 9.02. The summed E-state index contributed by atoms with van der Waals surface area (Å²) < 4.78 is 19.2. The second kappa shape index (κ2) is 5.06. The lowest BCUT2D eigenvalue weighted by molar-refractivity contribution is -0.384. The summed E-state index contributed by atoms with van der Waals surface area (Å²) in [5.74, 6) is -0.00273. The SMILES string of the molecule is COc1cc(C)cc(F)c1-c1ccc([N+](=O)[O-])cc1. The Morgan fingerprint density at radius 2 is 1.84 bits per heavy atom. The van der Waals surface area contributed by atoms with Crippen LogP contribution in [-0.2, 0) is 0 Å². The molecule has 0 heterocycles. The van der Waals surface area contributed by atoms with Crippen molar-refractivity contribution in [3.05, 3.63) is 57.9 Å². The smallest absolute Gasteiger partial charge is 0.269 e. The number of benzene rings is 2. The Morgan fingerprint density at radius 3 is 2.37 bits per heavy atom. The second-order valence-corrected chi connectivity index (χ2v) is 4.13. The highest BCUT2D eigenvalue weighted by Crippen LogP contribution is 2.34. The van der Waals surface area contributed by atoms with Gasteiger partial charge in [-0.05, 0) is 42.3 Å². The van der Waals surface area contributed by atoms with Gasteiger partial charge < -0.3 is 4.74 Å². The fraction of sp³-hybridized carbons (Fsp3) is 0.143. The standard InChI is InChI=1S/C14H12FNO3/c1-9-7-12(15)14(13(8-9)19-2)10-3-5-11(6-4-10)16(17)18/h3-8H,1-2H3. The van der Waals surface area contributed by atoms with Crippen molar-refractivity contribution in [3.8, 4) is 16.9 Å². The number of hydrogen-bond acceptors (Lipinski definition) is 3. The summed E-state index contributed by atoms with van der Waals surface area (Å²) in [6, 6.07) is 8.82. The van der Waals surface area contributed by atoms with Crippen LogP contribution in [0.3, 0.4) is 0 Å². The predicted octanol–water partition coefficient (Wildman–Crippen LogP) is 3.72. The molecule has 0 aliphatic heterocycles. The van der Waals surface area contributed by atoms with Crippen LogP contribution in [0.1, 0.15) is 5.56 Å². The number of aryl methyl sites for hydroxylation is 1. The first-order valence-electron chi connectivity index (χ1n) is 5.62. The van der Waals surface area contributed by atoms with Crippen LogP contribution in [0.15, 0.2) is 36.4 Å². The lowest BCUT2D eigenvalue weighted by atomic mass is 10.0. The zero-order chi connectivity index (χ0) is 14.0. The molecule has 19 heavy (non-hydrogen) atoms. The minimum atomic E-state index is -0.494. The molecule has 0 unspecified atom stereocenters. The van der Waals surface area contributed by atoms with Gasteiger partial charge in [0.2, 0.25) is 0 Å². The van der Waals surface area contributed by atoms with Crippen LogP contribution in [0.4, 0.5) is 10.1 Å². The third-order valence-corrected chi connectivity index (χ3v) is 2.79. The van der Waals surface area contributed by atoms with Crippen molar-refractivity contribution >= 4 is 5.69 Å². The molecule has 0 spiro atoms. The maximum atomic E-state index is 14.0.